The van der Waals surface area contributed by atoms with E-state index in [0.717, 1.165) is 10.6 Å². The molecule has 0 saturated heterocycles. The van der Waals surface area contributed by atoms with Crippen LogP contribution in [0.15, 0.2) is 48.7 Å². The fourth-order valence-electron chi connectivity index (χ4n) is 2.61. The second-order valence-corrected chi connectivity index (χ2v) is 6.69. The van der Waals surface area contributed by atoms with E-state index in [1.807, 2.05) is 30.3 Å². The fourth-order valence-corrected chi connectivity index (χ4v) is 3.43. The molecule has 2 aromatic carbocycles. The minimum Gasteiger partial charge on any atom is -0.454 e. The Morgan fingerprint density at radius 3 is 2.58 bits per heavy atom. The van der Waals surface area contributed by atoms with Crippen LogP contribution in [0.2, 0.25) is 0 Å². The zero-order chi connectivity index (χ0) is 18.1. The van der Waals surface area contributed by atoms with Gasteiger partial charge in [0.25, 0.3) is 5.91 Å². The van der Waals surface area contributed by atoms with Gasteiger partial charge in [0, 0.05) is 17.2 Å². The van der Waals surface area contributed by atoms with Gasteiger partial charge in [0.05, 0.1) is 11.9 Å². The van der Waals surface area contributed by atoms with E-state index in [1.54, 1.807) is 12.1 Å². The third-order valence-corrected chi connectivity index (χ3v) is 4.94. The maximum Gasteiger partial charge on any atom is 0.267 e. The number of ketones is 1. The number of nitrogens with one attached hydrogen (secondary N) is 1. The minimum atomic E-state index is -0.328. The van der Waals surface area contributed by atoms with Crippen molar-refractivity contribution in [3.63, 3.8) is 0 Å². The third kappa shape index (κ3) is 3.04. The monoisotopic (exact) mass is 366 g/mol. The van der Waals surface area contributed by atoms with Crippen molar-refractivity contribution in [3.8, 4) is 22.1 Å². The van der Waals surface area contributed by atoms with Crippen molar-refractivity contribution in [3.05, 3.63) is 59.1 Å². The molecule has 3 aromatic rings. The summed E-state index contributed by atoms with van der Waals surface area (Å²) in [7, 11) is 0. The third-order valence-electron chi connectivity index (χ3n) is 3.89. The van der Waals surface area contributed by atoms with E-state index < -0.39 is 0 Å². The molecular formula is C19H14N2O4S. The Hall–Kier alpha value is -3.19. The molecule has 130 valence electrons. The van der Waals surface area contributed by atoms with Gasteiger partial charge in [-0.3, -0.25) is 9.59 Å². The molecule has 0 atom stereocenters. The summed E-state index contributed by atoms with van der Waals surface area (Å²) in [5.41, 5.74) is 1.71. The molecule has 0 fully saturated rings. The summed E-state index contributed by atoms with van der Waals surface area (Å²) < 4.78 is 10.6. The average Bonchev–Trinajstić information content (AvgIpc) is 3.31. The van der Waals surface area contributed by atoms with Crippen LogP contribution in [0.4, 0.5) is 5.69 Å². The molecule has 0 aliphatic carbocycles. The molecule has 1 aliphatic rings. The van der Waals surface area contributed by atoms with Crippen molar-refractivity contribution in [2.45, 2.75) is 6.92 Å². The summed E-state index contributed by atoms with van der Waals surface area (Å²) in [5, 5.41) is 3.54. The predicted molar refractivity (Wildman–Crippen MR) is 98.1 cm³/mol. The van der Waals surface area contributed by atoms with Gasteiger partial charge in [-0.1, -0.05) is 30.3 Å². The number of hydrogen-bond donors (Lipinski definition) is 1. The summed E-state index contributed by atoms with van der Waals surface area (Å²) in [6.07, 6.45) is 1.53. The second-order valence-electron chi connectivity index (χ2n) is 5.66. The molecule has 0 spiro atoms. The SMILES string of the molecule is CC(=O)c1cc2c(cc1NC(=O)c1cnc(-c3ccccc3)s1)OCO2. The number of ether oxygens (including phenoxy) is 2. The van der Waals surface area contributed by atoms with Crippen LogP contribution in [0.5, 0.6) is 11.5 Å². The Morgan fingerprint density at radius 2 is 1.85 bits per heavy atom. The normalized spacial score (nSPS) is 12.0. The van der Waals surface area contributed by atoms with Gasteiger partial charge < -0.3 is 14.8 Å². The Bertz CT molecular complexity index is 998. The Balaban J connectivity index is 1.61. The molecule has 26 heavy (non-hydrogen) atoms. The highest BCUT2D eigenvalue weighted by Crippen LogP contribution is 2.37. The summed E-state index contributed by atoms with van der Waals surface area (Å²) in [6.45, 7) is 1.53. The lowest BCUT2D eigenvalue weighted by Gasteiger charge is -2.09. The van der Waals surface area contributed by atoms with Crippen LogP contribution >= 0.6 is 11.3 Å². The van der Waals surface area contributed by atoms with E-state index in [9.17, 15) is 9.59 Å². The highest BCUT2D eigenvalue weighted by atomic mass is 32.1. The average molecular weight is 366 g/mol. The second kappa shape index (κ2) is 6.61. The molecule has 0 unspecified atom stereocenters. The molecule has 4 rings (SSSR count). The van der Waals surface area contributed by atoms with Crippen molar-refractivity contribution in [1.29, 1.82) is 0 Å². The van der Waals surface area contributed by atoms with Gasteiger partial charge in [-0.2, -0.15) is 0 Å². The van der Waals surface area contributed by atoms with Crippen molar-refractivity contribution in [2.24, 2.45) is 0 Å². The highest BCUT2D eigenvalue weighted by Gasteiger charge is 2.21. The lowest BCUT2D eigenvalue weighted by molar-refractivity contribution is 0.101. The number of carbonyl (C=O) groups excluding carboxylic acids is 2. The number of rotatable bonds is 4. The number of nitrogens with zero attached hydrogens (tertiary/aromatic N) is 1. The first-order chi connectivity index (χ1) is 12.6. The molecule has 0 bridgehead atoms. The van der Waals surface area contributed by atoms with Gasteiger partial charge in [-0.05, 0) is 13.0 Å². The predicted octanol–water partition coefficient (Wildman–Crippen LogP) is 3.99. The van der Waals surface area contributed by atoms with Crippen molar-refractivity contribution in [1.82, 2.24) is 4.98 Å². The number of carbonyl (C=O) groups is 2. The number of anilines is 1. The zero-order valence-electron chi connectivity index (χ0n) is 13.8. The molecular weight excluding hydrogens is 352 g/mol. The molecule has 0 saturated carbocycles. The first-order valence-corrected chi connectivity index (χ1v) is 8.70. The lowest BCUT2D eigenvalue weighted by atomic mass is 10.1. The van der Waals surface area contributed by atoms with Crippen LogP contribution < -0.4 is 14.8 Å². The lowest BCUT2D eigenvalue weighted by Crippen LogP contribution is -2.13. The number of fused-ring (bicyclic) bond motifs is 1. The van der Waals surface area contributed by atoms with E-state index in [2.05, 4.69) is 10.3 Å². The first kappa shape index (κ1) is 16.3. The van der Waals surface area contributed by atoms with Gasteiger partial charge in [-0.15, -0.1) is 11.3 Å². The highest BCUT2D eigenvalue weighted by molar-refractivity contribution is 7.17. The summed E-state index contributed by atoms with van der Waals surface area (Å²) in [6, 6.07) is 12.8. The number of benzene rings is 2. The van der Waals surface area contributed by atoms with Crippen LogP contribution in [-0.4, -0.2) is 23.5 Å². The number of aromatic nitrogens is 1. The summed E-state index contributed by atoms with van der Waals surface area (Å²) >= 11 is 1.29. The van der Waals surface area contributed by atoms with Crippen LogP contribution in [-0.2, 0) is 0 Å². The van der Waals surface area contributed by atoms with Crippen LogP contribution in [0.25, 0.3) is 10.6 Å². The van der Waals surface area contributed by atoms with Gasteiger partial charge in [0.2, 0.25) is 6.79 Å². The smallest absolute Gasteiger partial charge is 0.267 e. The molecule has 7 heteroatoms. The standard InChI is InChI=1S/C19H14N2O4S/c1-11(22)13-7-15-16(25-10-24-15)8-14(13)21-18(23)17-9-20-19(26-17)12-5-3-2-4-6-12/h2-9H,10H2,1H3,(H,21,23). The summed E-state index contributed by atoms with van der Waals surface area (Å²) in [5.74, 6) is 0.496. The van der Waals surface area contributed by atoms with E-state index in [4.69, 9.17) is 9.47 Å². The number of amides is 1. The van der Waals surface area contributed by atoms with Crippen molar-refractivity contribution < 1.29 is 19.1 Å². The fraction of sp³-hybridized carbons (Fsp3) is 0.105. The van der Waals surface area contributed by atoms with E-state index in [0.29, 0.717) is 27.6 Å². The Kier molecular flexibility index (Phi) is 4.14. The maximum absolute atomic E-state index is 12.6. The van der Waals surface area contributed by atoms with Gasteiger partial charge in [0.1, 0.15) is 9.88 Å². The first-order valence-electron chi connectivity index (χ1n) is 7.89. The van der Waals surface area contributed by atoms with Crippen molar-refractivity contribution in [2.75, 3.05) is 12.1 Å². The molecule has 1 amide bonds. The quantitative estimate of drug-likeness (QED) is 0.707. The van der Waals surface area contributed by atoms with Crippen LogP contribution in [0.3, 0.4) is 0 Å². The molecule has 6 nitrogen and oxygen atoms in total. The molecule has 1 aliphatic heterocycles. The minimum absolute atomic E-state index is 0.0966. The number of hydrogen-bond acceptors (Lipinski definition) is 6. The maximum atomic E-state index is 12.6. The van der Waals surface area contributed by atoms with E-state index in [1.165, 1.54) is 24.5 Å². The summed E-state index contributed by atoms with van der Waals surface area (Å²) in [4.78, 5) is 29.3. The van der Waals surface area contributed by atoms with Gasteiger partial charge in [-0.25, -0.2) is 4.98 Å². The number of thiazole rings is 1. The Labute approximate surface area is 153 Å². The van der Waals surface area contributed by atoms with Crippen LogP contribution in [0.1, 0.15) is 27.0 Å². The van der Waals surface area contributed by atoms with Crippen molar-refractivity contribution >= 4 is 28.7 Å². The van der Waals surface area contributed by atoms with Gasteiger partial charge in [0.15, 0.2) is 17.3 Å². The zero-order valence-corrected chi connectivity index (χ0v) is 14.6. The topological polar surface area (TPSA) is 77.5 Å². The molecule has 0 radical (unpaired) electrons. The largest absolute Gasteiger partial charge is 0.454 e. The van der Waals surface area contributed by atoms with Gasteiger partial charge >= 0.3 is 0 Å². The molecule has 1 aromatic heterocycles. The van der Waals surface area contributed by atoms with Crippen LogP contribution in [0, 0.1) is 0 Å². The molecule has 2 heterocycles. The molecule has 1 N–H and O–H groups in total. The van der Waals surface area contributed by atoms with E-state index >= 15 is 0 Å². The number of Topliss-reactive ketones (excluding diaryl/α,β-unsaturated/α-hetero) is 1. The Morgan fingerprint density at radius 1 is 1.12 bits per heavy atom. The van der Waals surface area contributed by atoms with E-state index in [-0.39, 0.29) is 18.5 Å².